The van der Waals surface area contributed by atoms with E-state index in [1.165, 1.54) is 6.07 Å². The van der Waals surface area contributed by atoms with Crippen molar-refractivity contribution < 1.29 is 22.7 Å². The number of nitrogens with zero attached hydrogens (tertiary/aromatic N) is 3. The summed E-state index contributed by atoms with van der Waals surface area (Å²) in [5.74, 6) is -1.51. The molecule has 1 aliphatic heterocycles. The molecule has 1 aromatic rings. The normalized spacial score (nSPS) is 23.6. The van der Waals surface area contributed by atoms with Crippen molar-refractivity contribution in [3.8, 4) is 6.07 Å². The Bertz CT molecular complexity index is 927. The molecule has 160 valence electrons. The van der Waals surface area contributed by atoms with E-state index in [4.69, 9.17) is 10.5 Å². The molecule has 0 bridgehead atoms. The first-order valence-electron chi connectivity index (χ1n) is 9.61. The number of nitriles is 1. The Hall–Kier alpha value is -2.57. The second kappa shape index (κ2) is 8.28. The second-order valence-electron chi connectivity index (χ2n) is 8.33. The summed E-state index contributed by atoms with van der Waals surface area (Å²) in [7, 11) is 0. The molecule has 1 fully saturated rings. The van der Waals surface area contributed by atoms with Crippen LogP contribution in [0, 0.1) is 22.7 Å². The van der Waals surface area contributed by atoms with E-state index in [2.05, 4.69) is 16.0 Å². The summed E-state index contributed by atoms with van der Waals surface area (Å²) in [5.41, 5.74) is 5.74. The number of carbonyl (C=O) groups is 1. The molecule has 0 amide bonds. The number of nitrogens with two attached hydrogens (primary N) is 1. The molecular weight excluding hydrogens is 397 g/mol. The van der Waals surface area contributed by atoms with Crippen LogP contribution in [0.4, 0.5) is 13.2 Å². The Morgan fingerprint density at radius 3 is 2.60 bits per heavy atom. The third kappa shape index (κ3) is 4.45. The fraction of sp³-hybridized carbons (Fsp3) is 0.524. The summed E-state index contributed by atoms with van der Waals surface area (Å²) in [6.07, 6.45) is -2.62. The topological polar surface area (TPSA) is 101 Å². The molecule has 2 unspecified atom stereocenters. The maximum Gasteiger partial charge on any atom is 0.433 e. The summed E-state index contributed by atoms with van der Waals surface area (Å²) >= 11 is 0. The zero-order chi connectivity index (χ0) is 22.1. The number of ketones is 1. The Morgan fingerprint density at radius 2 is 2.03 bits per heavy atom. The van der Waals surface area contributed by atoms with E-state index in [0.717, 1.165) is 12.3 Å². The second-order valence-corrected chi connectivity index (χ2v) is 8.33. The van der Waals surface area contributed by atoms with Gasteiger partial charge in [-0.15, -0.1) is 0 Å². The van der Waals surface area contributed by atoms with Crippen LogP contribution in [0.25, 0.3) is 0 Å². The SMILES string of the molecule is CC1(C)CC(=O)C2C(=NC(COCCN)=C(C#N)C2c2ccc(C(F)(F)F)nc2)C1. The summed E-state index contributed by atoms with van der Waals surface area (Å²) in [6.45, 7) is 4.54. The van der Waals surface area contributed by atoms with Gasteiger partial charge in [-0.05, 0) is 23.5 Å². The highest BCUT2D eigenvalue weighted by Gasteiger charge is 2.46. The average Bonchev–Trinajstić information content (AvgIpc) is 2.65. The summed E-state index contributed by atoms with van der Waals surface area (Å²) in [4.78, 5) is 21.1. The maximum absolute atomic E-state index is 13.0. The molecule has 2 heterocycles. The van der Waals surface area contributed by atoms with Crippen LogP contribution >= 0.6 is 0 Å². The Labute approximate surface area is 172 Å². The first-order chi connectivity index (χ1) is 14.1. The van der Waals surface area contributed by atoms with E-state index >= 15 is 0 Å². The standard InChI is InChI=1S/C21H23F3N4O2/c1-20(2)7-14-19(16(29)8-20)18(12-3-4-17(27-10-12)21(22,23)24)13(9-26)15(28-14)11-30-6-5-25/h3-4,10,18-19H,5-8,11,25H2,1-2H3. The molecule has 0 saturated heterocycles. The molecular formula is C21H23F3N4O2. The number of halogens is 3. The number of aromatic nitrogens is 1. The molecule has 9 heteroatoms. The highest BCUT2D eigenvalue weighted by Crippen LogP contribution is 2.46. The molecule has 1 aromatic heterocycles. The lowest BCUT2D eigenvalue weighted by atomic mass is 9.63. The maximum atomic E-state index is 13.0. The van der Waals surface area contributed by atoms with Crippen molar-refractivity contribution in [1.82, 2.24) is 4.98 Å². The van der Waals surface area contributed by atoms with Crippen molar-refractivity contribution in [2.24, 2.45) is 22.1 Å². The summed E-state index contributed by atoms with van der Waals surface area (Å²) in [6, 6.07) is 4.26. The van der Waals surface area contributed by atoms with Gasteiger partial charge in [0.25, 0.3) is 0 Å². The van der Waals surface area contributed by atoms with Crippen LogP contribution < -0.4 is 5.73 Å². The molecule has 2 N–H and O–H groups in total. The monoisotopic (exact) mass is 420 g/mol. The van der Waals surface area contributed by atoms with Crippen molar-refractivity contribution in [2.75, 3.05) is 19.8 Å². The van der Waals surface area contributed by atoms with E-state index in [-0.39, 0.29) is 30.0 Å². The van der Waals surface area contributed by atoms with Gasteiger partial charge in [-0.1, -0.05) is 19.9 Å². The van der Waals surface area contributed by atoms with Gasteiger partial charge < -0.3 is 10.5 Å². The van der Waals surface area contributed by atoms with Gasteiger partial charge >= 0.3 is 6.18 Å². The van der Waals surface area contributed by atoms with Gasteiger partial charge in [0.15, 0.2) is 0 Å². The van der Waals surface area contributed by atoms with Crippen molar-refractivity contribution in [1.29, 1.82) is 5.26 Å². The van der Waals surface area contributed by atoms with Gasteiger partial charge in [-0.2, -0.15) is 18.4 Å². The van der Waals surface area contributed by atoms with Crippen LogP contribution in [0.15, 0.2) is 34.6 Å². The number of ether oxygens (including phenoxy) is 1. The fourth-order valence-corrected chi connectivity index (χ4v) is 4.11. The quantitative estimate of drug-likeness (QED) is 0.736. The van der Waals surface area contributed by atoms with Crippen molar-refractivity contribution in [2.45, 2.75) is 38.8 Å². The van der Waals surface area contributed by atoms with Crippen molar-refractivity contribution in [3.63, 3.8) is 0 Å². The number of Topliss-reactive ketones (excluding diaryl/α,β-unsaturated/α-hetero) is 1. The van der Waals surface area contributed by atoms with E-state index in [0.29, 0.717) is 36.4 Å². The third-order valence-corrected chi connectivity index (χ3v) is 5.31. The molecule has 2 aliphatic rings. The lowest BCUT2D eigenvalue weighted by Gasteiger charge is -2.40. The van der Waals surface area contributed by atoms with Crippen LogP contribution in [0.2, 0.25) is 0 Å². The number of alkyl halides is 3. The highest BCUT2D eigenvalue weighted by atomic mass is 19.4. The van der Waals surface area contributed by atoms with E-state index in [1.807, 2.05) is 13.8 Å². The van der Waals surface area contributed by atoms with Gasteiger partial charge in [-0.3, -0.25) is 14.8 Å². The zero-order valence-corrected chi connectivity index (χ0v) is 16.8. The number of pyridine rings is 1. The van der Waals surface area contributed by atoms with E-state index in [9.17, 15) is 23.2 Å². The number of fused-ring (bicyclic) bond motifs is 1. The van der Waals surface area contributed by atoms with Crippen LogP contribution in [0.3, 0.4) is 0 Å². The molecule has 0 radical (unpaired) electrons. The van der Waals surface area contributed by atoms with Crippen LogP contribution in [-0.4, -0.2) is 36.2 Å². The number of hydrogen-bond donors (Lipinski definition) is 1. The minimum Gasteiger partial charge on any atom is -0.374 e. The smallest absolute Gasteiger partial charge is 0.374 e. The van der Waals surface area contributed by atoms with Crippen LogP contribution in [0.5, 0.6) is 0 Å². The number of rotatable bonds is 5. The fourth-order valence-electron chi connectivity index (χ4n) is 4.11. The molecule has 6 nitrogen and oxygen atoms in total. The predicted molar refractivity (Wildman–Crippen MR) is 103 cm³/mol. The Kier molecular flexibility index (Phi) is 6.11. The number of allylic oxidation sites excluding steroid dienone is 1. The Balaban J connectivity index is 2.09. The van der Waals surface area contributed by atoms with Gasteiger partial charge in [-0.25, -0.2) is 0 Å². The van der Waals surface area contributed by atoms with E-state index in [1.54, 1.807) is 0 Å². The van der Waals surface area contributed by atoms with Gasteiger partial charge in [0.2, 0.25) is 0 Å². The van der Waals surface area contributed by atoms with Crippen molar-refractivity contribution in [3.05, 3.63) is 40.9 Å². The number of carbonyl (C=O) groups excluding carboxylic acids is 1. The van der Waals surface area contributed by atoms with Crippen LogP contribution in [0.1, 0.15) is 43.9 Å². The largest absolute Gasteiger partial charge is 0.433 e. The molecule has 1 aliphatic carbocycles. The minimum absolute atomic E-state index is 0.0372. The molecule has 30 heavy (non-hydrogen) atoms. The molecule has 1 saturated carbocycles. The van der Waals surface area contributed by atoms with Crippen LogP contribution in [-0.2, 0) is 15.7 Å². The lowest BCUT2D eigenvalue weighted by molar-refractivity contribution is -0.141. The Morgan fingerprint density at radius 1 is 1.30 bits per heavy atom. The number of hydrogen-bond acceptors (Lipinski definition) is 6. The van der Waals surface area contributed by atoms with Gasteiger partial charge in [0.1, 0.15) is 11.5 Å². The zero-order valence-electron chi connectivity index (χ0n) is 16.8. The van der Waals surface area contributed by atoms with Gasteiger partial charge in [0.05, 0.1) is 36.5 Å². The first-order valence-corrected chi connectivity index (χ1v) is 9.61. The number of aliphatic imine (C=N–C) groups is 1. The molecule has 2 atom stereocenters. The molecule has 0 aromatic carbocycles. The molecule has 3 rings (SSSR count). The van der Waals surface area contributed by atoms with Gasteiger partial charge in [0, 0.05) is 30.8 Å². The predicted octanol–water partition coefficient (Wildman–Crippen LogP) is 3.40. The van der Waals surface area contributed by atoms with E-state index < -0.39 is 23.7 Å². The first kappa shape index (κ1) is 22.1. The summed E-state index contributed by atoms with van der Waals surface area (Å²) < 4.78 is 44.3. The molecule has 0 spiro atoms. The third-order valence-electron chi connectivity index (χ3n) is 5.31. The summed E-state index contributed by atoms with van der Waals surface area (Å²) in [5, 5.41) is 9.84. The lowest BCUT2D eigenvalue weighted by Crippen LogP contribution is -2.43. The highest BCUT2D eigenvalue weighted by molar-refractivity contribution is 6.10. The average molecular weight is 420 g/mol. The van der Waals surface area contributed by atoms with Crippen molar-refractivity contribution >= 4 is 11.5 Å². The minimum atomic E-state index is -4.57.